The van der Waals surface area contributed by atoms with E-state index in [1.807, 2.05) is 72.8 Å². The Morgan fingerprint density at radius 3 is 0.864 bits per heavy atom. The molecular formula is C78H68N6O4. The van der Waals surface area contributed by atoms with Crippen LogP contribution >= 0.6 is 0 Å². The van der Waals surface area contributed by atoms with Gasteiger partial charge in [-0.3, -0.25) is 19.9 Å². The summed E-state index contributed by atoms with van der Waals surface area (Å²) in [6.45, 7) is 13.5. The molecule has 12 rings (SSSR count). The Morgan fingerprint density at radius 1 is 0.250 bits per heavy atom. The van der Waals surface area contributed by atoms with E-state index in [0.717, 1.165) is 146 Å². The lowest BCUT2D eigenvalue weighted by molar-refractivity contribution is 0.411. The van der Waals surface area contributed by atoms with Crippen molar-refractivity contribution in [3.8, 4) is 146 Å². The van der Waals surface area contributed by atoms with Crippen LogP contribution in [0.1, 0.15) is 52.7 Å². The molecular weight excluding hydrogens is 1080 g/mol. The molecule has 0 spiro atoms. The third-order valence-electron chi connectivity index (χ3n) is 16.0. The minimum atomic E-state index is -0.212. The van der Waals surface area contributed by atoms with Crippen LogP contribution in [0.15, 0.2) is 231 Å². The van der Waals surface area contributed by atoms with Crippen LogP contribution in [-0.4, -0.2) is 58.3 Å². The van der Waals surface area contributed by atoms with Crippen LogP contribution in [0.2, 0.25) is 0 Å². The Hall–Kier alpha value is -10.6. The fourth-order valence-corrected chi connectivity index (χ4v) is 11.3. The van der Waals surface area contributed by atoms with Crippen molar-refractivity contribution in [2.45, 2.75) is 52.4 Å². The van der Waals surface area contributed by atoms with Crippen molar-refractivity contribution in [1.82, 2.24) is 29.9 Å². The summed E-state index contributed by atoms with van der Waals surface area (Å²) in [5.41, 5.74) is 21.5. The first-order chi connectivity index (χ1) is 42.7. The predicted octanol–water partition coefficient (Wildman–Crippen LogP) is 19.0. The van der Waals surface area contributed by atoms with E-state index in [1.54, 1.807) is 53.2 Å². The van der Waals surface area contributed by atoms with Gasteiger partial charge in [-0.15, -0.1) is 0 Å². The number of aromatic nitrogens is 6. The molecule has 88 heavy (non-hydrogen) atoms. The highest BCUT2D eigenvalue weighted by molar-refractivity contribution is 5.91. The highest BCUT2D eigenvalue weighted by Crippen LogP contribution is 2.49. The summed E-state index contributed by atoms with van der Waals surface area (Å²) in [6.07, 6.45) is 7.14. The van der Waals surface area contributed by atoms with E-state index in [9.17, 15) is 0 Å². The lowest BCUT2D eigenvalue weighted by atomic mass is 9.82. The summed E-state index contributed by atoms with van der Waals surface area (Å²) in [5, 5.41) is 0. The molecule has 0 aliphatic rings. The van der Waals surface area contributed by atoms with Gasteiger partial charge in [0, 0.05) is 58.2 Å². The third-order valence-corrected chi connectivity index (χ3v) is 16.0. The van der Waals surface area contributed by atoms with Crippen LogP contribution in [0, 0.1) is 0 Å². The molecule has 10 heteroatoms. The second-order valence-corrected chi connectivity index (χ2v) is 23.8. The Morgan fingerprint density at radius 2 is 0.568 bits per heavy atom. The lowest BCUT2D eigenvalue weighted by Crippen LogP contribution is -2.12. The second-order valence-electron chi connectivity index (χ2n) is 23.8. The van der Waals surface area contributed by atoms with Gasteiger partial charge in [0.2, 0.25) is 0 Å². The summed E-state index contributed by atoms with van der Waals surface area (Å²) >= 11 is 0. The van der Waals surface area contributed by atoms with Crippen LogP contribution in [0.3, 0.4) is 0 Å². The summed E-state index contributed by atoms with van der Waals surface area (Å²) < 4.78 is 25.6. The van der Waals surface area contributed by atoms with E-state index in [2.05, 4.69) is 195 Å². The van der Waals surface area contributed by atoms with Gasteiger partial charge in [-0.25, -0.2) is 9.97 Å². The molecule has 10 nitrogen and oxygen atoms in total. The average molecular weight is 1150 g/mol. The molecule has 6 aromatic heterocycles. The molecule has 0 fully saturated rings. The van der Waals surface area contributed by atoms with Crippen molar-refractivity contribution >= 4 is 0 Å². The van der Waals surface area contributed by atoms with Crippen LogP contribution in [-0.2, 0) is 10.8 Å². The zero-order chi connectivity index (χ0) is 61.1. The van der Waals surface area contributed by atoms with Gasteiger partial charge in [0.25, 0.3) is 0 Å². The van der Waals surface area contributed by atoms with Crippen molar-refractivity contribution in [1.29, 1.82) is 0 Å². The van der Waals surface area contributed by atoms with Crippen molar-refractivity contribution in [3.63, 3.8) is 0 Å². The van der Waals surface area contributed by atoms with Crippen LogP contribution < -0.4 is 18.9 Å². The quantitative estimate of drug-likeness (QED) is 0.0983. The number of rotatable bonds is 15. The largest absolute Gasteiger partial charge is 0.496 e. The summed E-state index contributed by atoms with van der Waals surface area (Å²) in [5.74, 6) is 2.89. The normalized spacial score (nSPS) is 11.5. The van der Waals surface area contributed by atoms with Gasteiger partial charge in [0.15, 0.2) is 0 Å². The number of nitrogens with zero attached hydrogens (tertiary/aromatic N) is 6. The van der Waals surface area contributed by atoms with E-state index in [-0.39, 0.29) is 10.8 Å². The van der Waals surface area contributed by atoms with Crippen molar-refractivity contribution in [3.05, 3.63) is 242 Å². The second kappa shape index (κ2) is 24.4. The zero-order valence-electron chi connectivity index (χ0n) is 51.3. The van der Waals surface area contributed by atoms with Crippen LogP contribution in [0.25, 0.3) is 123 Å². The minimum absolute atomic E-state index is 0.212. The van der Waals surface area contributed by atoms with Crippen molar-refractivity contribution in [2.75, 3.05) is 28.4 Å². The van der Waals surface area contributed by atoms with Gasteiger partial charge in [-0.05, 0) is 200 Å². The van der Waals surface area contributed by atoms with E-state index < -0.39 is 0 Å². The lowest BCUT2D eigenvalue weighted by Gasteiger charge is -2.25. The Labute approximate surface area is 515 Å². The highest BCUT2D eigenvalue weighted by Gasteiger charge is 2.27. The molecule has 0 amide bonds. The van der Waals surface area contributed by atoms with Gasteiger partial charge < -0.3 is 18.9 Å². The molecule has 0 saturated carbocycles. The molecule has 0 aliphatic heterocycles. The molecule has 0 N–H and O–H groups in total. The topological polar surface area (TPSA) is 114 Å². The molecule has 0 radical (unpaired) electrons. The monoisotopic (exact) mass is 1150 g/mol. The van der Waals surface area contributed by atoms with Gasteiger partial charge in [-0.2, -0.15) is 0 Å². The highest BCUT2D eigenvalue weighted by atomic mass is 16.5. The minimum Gasteiger partial charge on any atom is -0.496 e. The first-order valence-electron chi connectivity index (χ1n) is 29.4. The summed E-state index contributed by atoms with van der Waals surface area (Å²) in [4.78, 5) is 28.6. The van der Waals surface area contributed by atoms with Crippen LogP contribution in [0.5, 0.6) is 23.0 Å². The number of ether oxygens (including phenoxy) is 4. The molecule has 0 atom stereocenters. The van der Waals surface area contributed by atoms with E-state index >= 15 is 0 Å². The number of pyridine rings is 6. The first-order valence-corrected chi connectivity index (χ1v) is 29.4. The van der Waals surface area contributed by atoms with E-state index in [1.165, 1.54) is 0 Å². The molecule has 0 saturated heterocycles. The molecule has 6 heterocycles. The first kappa shape index (κ1) is 57.8. The maximum absolute atomic E-state index is 6.51. The van der Waals surface area contributed by atoms with E-state index in [0.29, 0.717) is 11.5 Å². The Balaban J connectivity index is 0.926. The van der Waals surface area contributed by atoms with Crippen molar-refractivity contribution in [2.24, 2.45) is 0 Å². The van der Waals surface area contributed by atoms with Crippen molar-refractivity contribution < 1.29 is 18.9 Å². The zero-order valence-corrected chi connectivity index (χ0v) is 51.3. The Bertz CT molecular complexity index is 4100. The maximum atomic E-state index is 6.51. The number of hydrogen-bond acceptors (Lipinski definition) is 10. The smallest absolute Gasteiger partial charge is 0.134 e. The summed E-state index contributed by atoms with van der Waals surface area (Å²) in [6, 6.07) is 70.9. The standard InChI is InChI=1S/C78H68N6O4/c1-77(2,3)57-45-61(75(87-9)63(47-57)59-31-29-51(43-73(59)85-7)55-39-69(65-25-11-15-33-79-65)83-70(40-55)66-26-12-16-34-80-66)53-23-19-21-49(37-53)50-22-20-24-54(38-50)62-46-58(78(4,5)6)48-64(76(62)88-10)60-32-30-52(44-74(60)86-8)56-41-71(67-27-13-17-35-81-67)84-72(42-56)68-28-14-18-36-82-68/h11-48H,1-10H3. The van der Waals surface area contributed by atoms with E-state index in [4.69, 9.17) is 28.9 Å². The number of methoxy groups -OCH3 is 4. The number of hydrogen-bond donors (Lipinski definition) is 0. The van der Waals surface area contributed by atoms with Gasteiger partial charge >= 0.3 is 0 Å². The van der Waals surface area contributed by atoms with Gasteiger partial charge in [0.1, 0.15) is 23.0 Å². The SMILES string of the molecule is COc1cc(-c2cc(-c3ccccn3)nc(-c3ccccn3)c2)ccc1-c1cc(C(C)(C)C)cc(-c2cccc(-c3cccc(-c4cc(C(C)(C)C)cc(-c5ccc(-c6cc(-c7ccccn7)nc(-c7ccccn7)c6)cc5OC)c4OC)c3)c2)c1OC. The molecule has 6 aromatic carbocycles. The molecule has 0 bridgehead atoms. The van der Waals surface area contributed by atoms with Gasteiger partial charge in [0.05, 0.1) is 74.0 Å². The molecule has 0 aliphatic carbocycles. The average Bonchev–Trinajstić information content (AvgIpc) is 1.33. The predicted molar refractivity (Wildman–Crippen MR) is 357 cm³/mol. The van der Waals surface area contributed by atoms with Crippen LogP contribution in [0.4, 0.5) is 0 Å². The Kier molecular flexibility index (Phi) is 16.0. The van der Waals surface area contributed by atoms with Gasteiger partial charge in [-0.1, -0.05) is 114 Å². The fraction of sp³-hybridized carbons (Fsp3) is 0.154. The summed E-state index contributed by atoms with van der Waals surface area (Å²) in [7, 11) is 6.94. The number of benzene rings is 6. The fourth-order valence-electron chi connectivity index (χ4n) is 11.3. The molecule has 434 valence electrons. The molecule has 0 unspecified atom stereocenters. The maximum Gasteiger partial charge on any atom is 0.134 e. The molecule has 12 aromatic rings. The third kappa shape index (κ3) is 11.9.